The topological polar surface area (TPSA) is 38.7 Å². The van der Waals surface area contributed by atoms with Crippen LogP contribution in [0, 0.1) is 11.8 Å². The summed E-state index contributed by atoms with van der Waals surface area (Å²) in [6.45, 7) is 8.57. The van der Waals surface area contributed by atoms with Crippen molar-refractivity contribution in [3.05, 3.63) is 0 Å². The highest BCUT2D eigenvalue weighted by Crippen LogP contribution is 2.39. The first-order chi connectivity index (χ1) is 8.10. The van der Waals surface area contributed by atoms with Gasteiger partial charge in [-0.05, 0) is 37.5 Å². The van der Waals surface area contributed by atoms with E-state index in [0.717, 1.165) is 5.92 Å². The Labute approximate surface area is 105 Å². The van der Waals surface area contributed by atoms with E-state index in [0.29, 0.717) is 25.7 Å². The molecule has 1 aliphatic carbocycles. The van der Waals surface area contributed by atoms with Gasteiger partial charge in [-0.3, -0.25) is 0 Å². The summed E-state index contributed by atoms with van der Waals surface area (Å²) in [7, 11) is 0. The summed E-state index contributed by atoms with van der Waals surface area (Å²) in [5.74, 6) is 1.41. The predicted molar refractivity (Wildman–Crippen MR) is 69.1 cm³/mol. The zero-order chi connectivity index (χ0) is 12.7. The maximum absolute atomic E-state index is 8.62. The molecule has 1 aliphatic rings. The Hall–Kier alpha value is -0.120. The van der Waals surface area contributed by atoms with Crippen LogP contribution in [0.3, 0.4) is 0 Å². The van der Waals surface area contributed by atoms with Crippen LogP contribution in [0.25, 0.3) is 0 Å². The smallest absolute Gasteiger partial charge is 0.0708 e. The molecule has 3 nitrogen and oxygen atoms in total. The van der Waals surface area contributed by atoms with Gasteiger partial charge < -0.3 is 14.6 Å². The van der Waals surface area contributed by atoms with Crippen LogP contribution in [0.5, 0.6) is 0 Å². The molecule has 1 saturated carbocycles. The molecule has 0 unspecified atom stereocenters. The molecule has 102 valence electrons. The molecule has 0 atom stereocenters. The standard InChI is InChI=1S/C14H28O3/c1-12(2)14(6-4-13(3)5-7-14)17-11-10-16-9-8-15/h12-13,15H,4-11H2,1-3H3. The normalized spacial score (nSPS) is 29.8. The Kier molecular flexibility index (Phi) is 6.45. The largest absolute Gasteiger partial charge is 0.394 e. The number of aliphatic hydroxyl groups excluding tert-OH is 1. The maximum Gasteiger partial charge on any atom is 0.0708 e. The fraction of sp³-hybridized carbons (Fsp3) is 1.00. The first-order valence-corrected chi connectivity index (χ1v) is 6.93. The minimum absolute atomic E-state index is 0.0646. The molecular weight excluding hydrogens is 216 g/mol. The van der Waals surface area contributed by atoms with Crippen molar-refractivity contribution >= 4 is 0 Å². The molecular formula is C14H28O3. The van der Waals surface area contributed by atoms with Gasteiger partial charge in [0.2, 0.25) is 0 Å². The SMILES string of the molecule is CC1CCC(OCCOCCO)(C(C)C)CC1. The van der Waals surface area contributed by atoms with E-state index in [9.17, 15) is 0 Å². The molecule has 0 amide bonds. The van der Waals surface area contributed by atoms with Crippen LogP contribution >= 0.6 is 0 Å². The highest BCUT2D eigenvalue weighted by atomic mass is 16.5. The molecule has 17 heavy (non-hydrogen) atoms. The zero-order valence-electron chi connectivity index (χ0n) is 11.6. The van der Waals surface area contributed by atoms with Crippen LogP contribution in [0.1, 0.15) is 46.5 Å². The molecule has 0 aromatic rings. The second kappa shape index (κ2) is 7.34. The summed E-state index contributed by atoms with van der Waals surface area (Å²) in [6.07, 6.45) is 4.89. The minimum atomic E-state index is 0.0646. The van der Waals surface area contributed by atoms with Crippen molar-refractivity contribution in [3.63, 3.8) is 0 Å². The van der Waals surface area contributed by atoms with Crippen molar-refractivity contribution in [1.29, 1.82) is 0 Å². The Morgan fingerprint density at radius 3 is 2.35 bits per heavy atom. The number of rotatable bonds is 7. The van der Waals surface area contributed by atoms with Gasteiger partial charge in [0.1, 0.15) is 0 Å². The van der Waals surface area contributed by atoms with Gasteiger partial charge in [0.25, 0.3) is 0 Å². The summed E-state index contributed by atoms with van der Waals surface area (Å²) in [5.41, 5.74) is 0.0646. The third-order valence-corrected chi connectivity index (χ3v) is 4.03. The molecule has 0 aromatic heterocycles. The predicted octanol–water partition coefficient (Wildman–Crippen LogP) is 2.62. The Morgan fingerprint density at radius 1 is 1.18 bits per heavy atom. The molecule has 0 heterocycles. The molecule has 1 fully saturated rings. The Morgan fingerprint density at radius 2 is 1.82 bits per heavy atom. The third-order valence-electron chi connectivity index (χ3n) is 4.03. The second-order valence-corrected chi connectivity index (χ2v) is 5.59. The lowest BCUT2D eigenvalue weighted by Crippen LogP contribution is -2.42. The summed E-state index contributed by atoms with van der Waals surface area (Å²) in [6, 6.07) is 0. The highest BCUT2D eigenvalue weighted by molar-refractivity contribution is 4.89. The van der Waals surface area contributed by atoms with Crippen molar-refractivity contribution in [2.24, 2.45) is 11.8 Å². The number of ether oxygens (including phenoxy) is 2. The summed E-state index contributed by atoms with van der Waals surface area (Å²) >= 11 is 0. The Bertz CT molecular complexity index is 196. The molecule has 0 saturated heterocycles. The van der Waals surface area contributed by atoms with Crippen molar-refractivity contribution in [2.45, 2.75) is 52.1 Å². The van der Waals surface area contributed by atoms with E-state index in [1.807, 2.05) is 0 Å². The zero-order valence-corrected chi connectivity index (χ0v) is 11.6. The summed E-state index contributed by atoms with van der Waals surface area (Å²) in [5, 5.41) is 8.62. The molecule has 0 aromatic carbocycles. The van der Waals surface area contributed by atoms with Crippen molar-refractivity contribution < 1.29 is 14.6 Å². The lowest BCUT2D eigenvalue weighted by Gasteiger charge is -2.42. The minimum Gasteiger partial charge on any atom is -0.394 e. The van der Waals surface area contributed by atoms with Crippen LogP contribution in [0.4, 0.5) is 0 Å². The average Bonchev–Trinajstić information content (AvgIpc) is 2.31. The van der Waals surface area contributed by atoms with Crippen molar-refractivity contribution in [2.75, 3.05) is 26.4 Å². The molecule has 0 spiro atoms. The first kappa shape index (κ1) is 14.9. The van der Waals surface area contributed by atoms with Crippen LogP contribution in [0.2, 0.25) is 0 Å². The molecule has 3 heteroatoms. The van der Waals surface area contributed by atoms with Gasteiger partial charge in [0, 0.05) is 0 Å². The van der Waals surface area contributed by atoms with Gasteiger partial charge in [-0.2, -0.15) is 0 Å². The first-order valence-electron chi connectivity index (χ1n) is 6.93. The monoisotopic (exact) mass is 244 g/mol. The summed E-state index contributed by atoms with van der Waals surface area (Å²) < 4.78 is 11.4. The van der Waals surface area contributed by atoms with E-state index in [2.05, 4.69) is 20.8 Å². The van der Waals surface area contributed by atoms with Crippen LogP contribution in [-0.4, -0.2) is 37.1 Å². The molecule has 0 radical (unpaired) electrons. The maximum atomic E-state index is 8.62. The second-order valence-electron chi connectivity index (χ2n) is 5.59. The van der Waals surface area contributed by atoms with Gasteiger partial charge in [0.15, 0.2) is 0 Å². The number of aliphatic hydroxyl groups is 1. The molecule has 0 aliphatic heterocycles. The number of hydrogen-bond donors (Lipinski definition) is 1. The average molecular weight is 244 g/mol. The number of hydrogen-bond acceptors (Lipinski definition) is 3. The van der Waals surface area contributed by atoms with E-state index in [1.54, 1.807) is 0 Å². The van der Waals surface area contributed by atoms with E-state index >= 15 is 0 Å². The lowest BCUT2D eigenvalue weighted by atomic mass is 9.73. The van der Waals surface area contributed by atoms with Crippen LogP contribution in [-0.2, 0) is 9.47 Å². The fourth-order valence-electron chi connectivity index (χ4n) is 2.61. The van der Waals surface area contributed by atoms with Gasteiger partial charge >= 0.3 is 0 Å². The quantitative estimate of drug-likeness (QED) is 0.700. The third kappa shape index (κ3) is 4.57. The van der Waals surface area contributed by atoms with Gasteiger partial charge in [-0.25, -0.2) is 0 Å². The lowest BCUT2D eigenvalue weighted by molar-refractivity contribution is -0.121. The van der Waals surface area contributed by atoms with Gasteiger partial charge in [0.05, 0.1) is 32.0 Å². The van der Waals surface area contributed by atoms with Gasteiger partial charge in [-0.15, -0.1) is 0 Å². The van der Waals surface area contributed by atoms with E-state index < -0.39 is 0 Å². The summed E-state index contributed by atoms with van der Waals surface area (Å²) in [4.78, 5) is 0. The van der Waals surface area contributed by atoms with Crippen LogP contribution in [0.15, 0.2) is 0 Å². The van der Waals surface area contributed by atoms with E-state index in [4.69, 9.17) is 14.6 Å². The van der Waals surface area contributed by atoms with Crippen molar-refractivity contribution in [3.8, 4) is 0 Å². The highest BCUT2D eigenvalue weighted by Gasteiger charge is 2.37. The Balaban J connectivity index is 2.33. The fourth-order valence-corrected chi connectivity index (χ4v) is 2.61. The van der Waals surface area contributed by atoms with Crippen LogP contribution < -0.4 is 0 Å². The van der Waals surface area contributed by atoms with Crippen molar-refractivity contribution in [1.82, 2.24) is 0 Å². The molecule has 1 rings (SSSR count). The van der Waals surface area contributed by atoms with Gasteiger partial charge in [-0.1, -0.05) is 20.8 Å². The molecule has 0 bridgehead atoms. The van der Waals surface area contributed by atoms with E-state index in [1.165, 1.54) is 25.7 Å². The van der Waals surface area contributed by atoms with E-state index in [-0.39, 0.29) is 12.2 Å². The molecule has 1 N–H and O–H groups in total.